The molecule has 3 aromatic rings. The molecule has 0 bridgehead atoms. The van der Waals surface area contributed by atoms with Gasteiger partial charge >= 0.3 is 0 Å². The molecule has 1 aliphatic heterocycles. The Bertz CT molecular complexity index is 1220. The monoisotopic (exact) mass is 446 g/mol. The number of hydrogen-bond donors (Lipinski definition) is 1. The van der Waals surface area contributed by atoms with Crippen molar-refractivity contribution in [3.63, 3.8) is 0 Å². The number of aryl methyl sites for hydroxylation is 1. The normalized spacial score (nSPS) is 15.1. The SMILES string of the molecule is Cc1ccc(COc2ccc(C=C3C(=O)NC(=S)N(c4ccccc4F)C3=O)cc2)cc1. The zero-order chi connectivity index (χ0) is 22.7. The van der Waals surface area contributed by atoms with Gasteiger partial charge in [0.15, 0.2) is 5.11 Å². The molecule has 3 aromatic carbocycles. The molecule has 1 fully saturated rings. The number of benzene rings is 3. The van der Waals surface area contributed by atoms with Crippen LogP contribution in [0.4, 0.5) is 10.1 Å². The lowest BCUT2D eigenvalue weighted by molar-refractivity contribution is -0.122. The molecule has 1 saturated heterocycles. The second-order valence-corrected chi connectivity index (χ2v) is 7.64. The van der Waals surface area contributed by atoms with Gasteiger partial charge in [0.25, 0.3) is 11.8 Å². The first-order valence-corrected chi connectivity index (χ1v) is 10.3. The van der Waals surface area contributed by atoms with E-state index in [1.165, 1.54) is 29.8 Å². The third-order valence-electron chi connectivity index (χ3n) is 4.91. The molecule has 0 atom stereocenters. The highest BCUT2D eigenvalue weighted by atomic mass is 32.1. The Morgan fingerprint density at radius 1 is 1.00 bits per heavy atom. The Kier molecular flexibility index (Phi) is 6.09. The molecule has 0 unspecified atom stereocenters. The lowest BCUT2D eigenvalue weighted by Crippen LogP contribution is -2.54. The van der Waals surface area contributed by atoms with Crippen LogP contribution in [-0.2, 0) is 16.2 Å². The second-order valence-electron chi connectivity index (χ2n) is 7.25. The van der Waals surface area contributed by atoms with Crippen molar-refractivity contribution in [2.45, 2.75) is 13.5 Å². The van der Waals surface area contributed by atoms with Crippen molar-refractivity contribution in [1.82, 2.24) is 5.32 Å². The Labute approximate surface area is 190 Å². The number of halogens is 1. The standard InChI is InChI=1S/C25H19FN2O3S/c1-16-6-8-18(9-7-16)15-31-19-12-10-17(11-13-19)14-20-23(29)27-25(32)28(24(20)30)22-5-3-2-4-21(22)26/h2-14H,15H2,1H3,(H,27,29,32). The van der Waals surface area contributed by atoms with Crippen LogP contribution in [0.3, 0.4) is 0 Å². The molecule has 7 heteroatoms. The van der Waals surface area contributed by atoms with Gasteiger partial charge in [-0.05, 0) is 60.6 Å². The highest BCUT2D eigenvalue weighted by Gasteiger charge is 2.35. The molecular formula is C25H19FN2O3S. The van der Waals surface area contributed by atoms with Crippen LogP contribution in [0.1, 0.15) is 16.7 Å². The van der Waals surface area contributed by atoms with Gasteiger partial charge in [0, 0.05) is 0 Å². The van der Waals surface area contributed by atoms with Crippen molar-refractivity contribution < 1.29 is 18.7 Å². The fourth-order valence-corrected chi connectivity index (χ4v) is 3.46. The van der Waals surface area contributed by atoms with E-state index in [2.05, 4.69) is 5.32 Å². The number of nitrogens with one attached hydrogen (secondary N) is 1. The van der Waals surface area contributed by atoms with Crippen LogP contribution in [0.15, 0.2) is 78.4 Å². The average Bonchev–Trinajstić information content (AvgIpc) is 2.78. The third-order valence-corrected chi connectivity index (χ3v) is 5.20. The summed E-state index contributed by atoms with van der Waals surface area (Å²) in [6.45, 7) is 2.45. The summed E-state index contributed by atoms with van der Waals surface area (Å²) in [5, 5.41) is 2.28. The van der Waals surface area contributed by atoms with E-state index in [4.69, 9.17) is 17.0 Å². The minimum Gasteiger partial charge on any atom is -0.489 e. The molecule has 0 aliphatic carbocycles. The highest BCUT2D eigenvalue weighted by molar-refractivity contribution is 7.80. The van der Waals surface area contributed by atoms with Crippen LogP contribution >= 0.6 is 12.2 Å². The molecule has 0 spiro atoms. The van der Waals surface area contributed by atoms with E-state index in [0.717, 1.165) is 10.5 Å². The lowest BCUT2D eigenvalue weighted by atomic mass is 10.1. The molecular weight excluding hydrogens is 427 g/mol. The van der Waals surface area contributed by atoms with E-state index in [9.17, 15) is 14.0 Å². The van der Waals surface area contributed by atoms with Crippen LogP contribution in [0.2, 0.25) is 0 Å². The topological polar surface area (TPSA) is 58.6 Å². The Morgan fingerprint density at radius 3 is 2.38 bits per heavy atom. The van der Waals surface area contributed by atoms with E-state index in [1.54, 1.807) is 30.3 Å². The number of nitrogens with zero attached hydrogens (tertiary/aromatic N) is 1. The molecule has 5 nitrogen and oxygen atoms in total. The number of rotatable bonds is 5. The predicted molar refractivity (Wildman–Crippen MR) is 125 cm³/mol. The summed E-state index contributed by atoms with van der Waals surface area (Å²) in [5.41, 5.74) is 2.69. The first-order chi connectivity index (χ1) is 15.4. The van der Waals surface area contributed by atoms with Gasteiger partial charge in [-0.25, -0.2) is 9.29 Å². The smallest absolute Gasteiger partial charge is 0.270 e. The quantitative estimate of drug-likeness (QED) is 0.355. The van der Waals surface area contributed by atoms with Crippen molar-refractivity contribution in [2.75, 3.05) is 4.90 Å². The summed E-state index contributed by atoms with van der Waals surface area (Å²) in [4.78, 5) is 26.4. The maximum atomic E-state index is 14.2. The van der Waals surface area contributed by atoms with Gasteiger partial charge < -0.3 is 4.74 Å². The van der Waals surface area contributed by atoms with E-state index in [-0.39, 0.29) is 16.4 Å². The number of para-hydroxylation sites is 1. The zero-order valence-electron chi connectivity index (χ0n) is 17.2. The first kappa shape index (κ1) is 21.4. The maximum Gasteiger partial charge on any atom is 0.270 e. The minimum atomic E-state index is -0.691. The van der Waals surface area contributed by atoms with Crippen LogP contribution < -0.4 is 15.0 Å². The van der Waals surface area contributed by atoms with Gasteiger partial charge in [0.05, 0.1) is 5.69 Å². The zero-order valence-corrected chi connectivity index (χ0v) is 18.0. The fourth-order valence-electron chi connectivity index (χ4n) is 3.19. The molecule has 1 N–H and O–H groups in total. The number of thiocarbonyl (C=S) groups is 1. The molecule has 32 heavy (non-hydrogen) atoms. The molecule has 0 saturated carbocycles. The molecule has 0 aromatic heterocycles. The van der Waals surface area contributed by atoms with Crippen molar-refractivity contribution in [3.8, 4) is 5.75 Å². The fraction of sp³-hybridized carbons (Fsp3) is 0.0800. The van der Waals surface area contributed by atoms with Crippen LogP contribution in [0.25, 0.3) is 6.08 Å². The van der Waals surface area contributed by atoms with E-state index >= 15 is 0 Å². The average molecular weight is 447 g/mol. The van der Waals surface area contributed by atoms with Crippen LogP contribution in [0.5, 0.6) is 5.75 Å². The predicted octanol–water partition coefficient (Wildman–Crippen LogP) is 4.54. The van der Waals surface area contributed by atoms with Crippen molar-refractivity contribution in [2.24, 2.45) is 0 Å². The van der Waals surface area contributed by atoms with Gasteiger partial charge in [-0.3, -0.25) is 14.9 Å². The molecule has 4 rings (SSSR count). The van der Waals surface area contributed by atoms with Crippen molar-refractivity contribution in [1.29, 1.82) is 0 Å². The van der Waals surface area contributed by atoms with E-state index in [1.807, 2.05) is 31.2 Å². The number of amides is 2. The summed E-state index contributed by atoms with van der Waals surface area (Å²) in [6.07, 6.45) is 1.44. The van der Waals surface area contributed by atoms with Crippen LogP contribution in [0, 0.1) is 12.7 Å². The van der Waals surface area contributed by atoms with Crippen molar-refractivity contribution in [3.05, 3.63) is 101 Å². The highest BCUT2D eigenvalue weighted by Crippen LogP contribution is 2.25. The maximum absolute atomic E-state index is 14.2. The first-order valence-electron chi connectivity index (χ1n) is 9.87. The Morgan fingerprint density at radius 2 is 1.69 bits per heavy atom. The largest absolute Gasteiger partial charge is 0.489 e. The van der Waals surface area contributed by atoms with E-state index in [0.29, 0.717) is 17.9 Å². The molecule has 1 heterocycles. The van der Waals surface area contributed by atoms with E-state index < -0.39 is 17.6 Å². The number of ether oxygens (including phenoxy) is 1. The summed E-state index contributed by atoms with van der Waals surface area (Å²) in [5.74, 6) is -1.29. The Balaban J connectivity index is 1.52. The number of carbonyl (C=O) groups excluding carboxylic acids is 2. The van der Waals surface area contributed by atoms with Gasteiger partial charge in [0.1, 0.15) is 23.7 Å². The summed E-state index contributed by atoms with van der Waals surface area (Å²) >= 11 is 5.10. The number of carbonyl (C=O) groups is 2. The summed E-state index contributed by atoms with van der Waals surface area (Å²) in [6, 6.07) is 20.8. The van der Waals surface area contributed by atoms with Crippen LogP contribution in [-0.4, -0.2) is 16.9 Å². The molecule has 0 radical (unpaired) electrons. The number of hydrogen-bond acceptors (Lipinski definition) is 4. The molecule has 160 valence electrons. The minimum absolute atomic E-state index is 0.0201. The summed E-state index contributed by atoms with van der Waals surface area (Å²) in [7, 11) is 0. The van der Waals surface area contributed by atoms with Crippen molar-refractivity contribution >= 4 is 40.9 Å². The van der Waals surface area contributed by atoms with Gasteiger partial charge in [-0.15, -0.1) is 0 Å². The van der Waals surface area contributed by atoms with Gasteiger partial charge in [-0.1, -0.05) is 54.1 Å². The Hall–Kier alpha value is -3.84. The van der Waals surface area contributed by atoms with Gasteiger partial charge in [-0.2, -0.15) is 0 Å². The summed E-state index contributed by atoms with van der Waals surface area (Å²) < 4.78 is 20.0. The number of anilines is 1. The third kappa shape index (κ3) is 4.58. The molecule has 2 amide bonds. The molecule has 1 aliphatic rings. The lowest BCUT2D eigenvalue weighted by Gasteiger charge is -2.29. The van der Waals surface area contributed by atoms with Gasteiger partial charge in [0.2, 0.25) is 0 Å². The second kappa shape index (κ2) is 9.11.